The zero-order valence-corrected chi connectivity index (χ0v) is 15.5. The molecule has 0 aliphatic carbocycles. The molecule has 1 amide bonds. The molecule has 1 heterocycles. The molecule has 2 aromatic carbocycles. The SMILES string of the molecule is COc1ccccc1NC(=O)c1cc(S(=O)(=O)N2CCOCC2)ccc1F. The molecule has 1 fully saturated rings. The van der Waals surface area contributed by atoms with Crippen LogP contribution in [-0.2, 0) is 14.8 Å². The number of sulfonamides is 1. The molecule has 0 bridgehead atoms. The molecule has 0 saturated carbocycles. The number of para-hydroxylation sites is 2. The minimum absolute atomic E-state index is 0.143. The number of hydrogen-bond acceptors (Lipinski definition) is 5. The molecular weight excluding hydrogens is 375 g/mol. The molecule has 0 aromatic heterocycles. The highest BCUT2D eigenvalue weighted by molar-refractivity contribution is 7.89. The van der Waals surface area contributed by atoms with Gasteiger partial charge in [0.05, 0.1) is 36.5 Å². The Balaban J connectivity index is 1.90. The van der Waals surface area contributed by atoms with Crippen molar-refractivity contribution in [1.29, 1.82) is 0 Å². The number of anilines is 1. The van der Waals surface area contributed by atoms with Gasteiger partial charge in [-0.05, 0) is 30.3 Å². The van der Waals surface area contributed by atoms with Crippen LogP contribution in [0, 0.1) is 5.82 Å². The summed E-state index contributed by atoms with van der Waals surface area (Å²) in [5, 5.41) is 2.54. The van der Waals surface area contributed by atoms with E-state index in [0.29, 0.717) is 24.7 Å². The van der Waals surface area contributed by atoms with E-state index >= 15 is 0 Å². The second-order valence-corrected chi connectivity index (χ2v) is 7.75. The highest BCUT2D eigenvalue weighted by atomic mass is 32.2. The molecule has 27 heavy (non-hydrogen) atoms. The number of hydrogen-bond donors (Lipinski definition) is 1. The van der Waals surface area contributed by atoms with Crippen LogP contribution in [-0.4, -0.2) is 52.0 Å². The Bertz CT molecular complexity index is 943. The molecule has 1 saturated heterocycles. The van der Waals surface area contributed by atoms with Crippen LogP contribution in [0.4, 0.5) is 10.1 Å². The standard InChI is InChI=1S/C18H19FN2O5S/c1-25-17-5-3-2-4-16(17)20-18(22)14-12-13(6-7-15(14)19)27(23,24)21-8-10-26-11-9-21/h2-7,12H,8-11H2,1H3,(H,20,22). The number of methoxy groups -OCH3 is 1. The van der Waals surface area contributed by atoms with Crippen molar-refractivity contribution in [2.45, 2.75) is 4.90 Å². The van der Waals surface area contributed by atoms with Crippen LogP contribution >= 0.6 is 0 Å². The van der Waals surface area contributed by atoms with Crippen molar-refractivity contribution < 1.29 is 27.1 Å². The summed E-state index contributed by atoms with van der Waals surface area (Å²) in [6, 6.07) is 9.84. The summed E-state index contributed by atoms with van der Waals surface area (Å²) in [6.07, 6.45) is 0. The van der Waals surface area contributed by atoms with Crippen LogP contribution in [0.3, 0.4) is 0 Å². The second-order valence-electron chi connectivity index (χ2n) is 5.81. The third-order valence-corrected chi connectivity index (χ3v) is 6.04. The lowest BCUT2D eigenvalue weighted by Gasteiger charge is -2.26. The Morgan fingerprint density at radius 1 is 1.19 bits per heavy atom. The fraction of sp³-hybridized carbons (Fsp3) is 0.278. The van der Waals surface area contributed by atoms with Crippen molar-refractivity contribution in [3.8, 4) is 5.75 Å². The number of benzene rings is 2. The van der Waals surface area contributed by atoms with Crippen LogP contribution in [0.25, 0.3) is 0 Å². The first-order valence-electron chi connectivity index (χ1n) is 8.25. The first-order chi connectivity index (χ1) is 12.9. The van der Waals surface area contributed by atoms with Gasteiger partial charge >= 0.3 is 0 Å². The maximum atomic E-state index is 14.2. The minimum atomic E-state index is -3.84. The van der Waals surface area contributed by atoms with Crippen LogP contribution in [0.15, 0.2) is 47.4 Å². The number of ether oxygens (including phenoxy) is 2. The molecule has 1 aliphatic heterocycles. The topological polar surface area (TPSA) is 84.9 Å². The van der Waals surface area contributed by atoms with E-state index in [1.165, 1.54) is 11.4 Å². The average molecular weight is 394 g/mol. The highest BCUT2D eigenvalue weighted by Gasteiger charge is 2.28. The molecule has 9 heteroatoms. The normalized spacial score (nSPS) is 15.3. The van der Waals surface area contributed by atoms with Crippen molar-refractivity contribution in [3.05, 3.63) is 53.8 Å². The van der Waals surface area contributed by atoms with Crippen LogP contribution in [0.2, 0.25) is 0 Å². The monoisotopic (exact) mass is 394 g/mol. The number of nitrogens with one attached hydrogen (secondary N) is 1. The molecule has 1 N–H and O–H groups in total. The Hall–Kier alpha value is -2.49. The van der Waals surface area contributed by atoms with E-state index in [2.05, 4.69) is 5.32 Å². The summed E-state index contributed by atoms with van der Waals surface area (Å²) >= 11 is 0. The summed E-state index contributed by atoms with van der Waals surface area (Å²) in [5.41, 5.74) is -0.0129. The fourth-order valence-electron chi connectivity index (χ4n) is 2.71. The number of amides is 1. The molecule has 7 nitrogen and oxygen atoms in total. The smallest absolute Gasteiger partial charge is 0.258 e. The number of carbonyl (C=O) groups excluding carboxylic acids is 1. The van der Waals surface area contributed by atoms with Crippen molar-refractivity contribution in [1.82, 2.24) is 4.31 Å². The highest BCUT2D eigenvalue weighted by Crippen LogP contribution is 2.25. The van der Waals surface area contributed by atoms with Gasteiger partial charge in [-0.2, -0.15) is 4.31 Å². The third-order valence-electron chi connectivity index (χ3n) is 4.15. The predicted molar refractivity (Wildman–Crippen MR) is 96.9 cm³/mol. The summed E-state index contributed by atoms with van der Waals surface area (Å²) in [4.78, 5) is 12.4. The molecule has 1 aliphatic rings. The Morgan fingerprint density at radius 3 is 2.59 bits per heavy atom. The Labute approximate surface area is 156 Å². The van der Waals surface area contributed by atoms with Gasteiger partial charge in [0.2, 0.25) is 10.0 Å². The zero-order chi connectivity index (χ0) is 19.4. The Kier molecular flexibility index (Phi) is 5.73. The van der Waals surface area contributed by atoms with Gasteiger partial charge in [0.15, 0.2) is 0 Å². The largest absolute Gasteiger partial charge is 0.495 e. The van der Waals surface area contributed by atoms with E-state index in [1.807, 2.05) is 0 Å². The van der Waals surface area contributed by atoms with Gasteiger partial charge in [-0.3, -0.25) is 4.79 Å². The van der Waals surface area contributed by atoms with Crippen molar-refractivity contribution in [2.24, 2.45) is 0 Å². The number of halogens is 1. The molecule has 144 valence electrons. The number of morpholine rings is 1. The fourth-order valence-corrected chi connectivity index (χ4v) is 4.15. The molecule has 0 atom stereocenters. The zero-order valence-electron chi connectivity index (χ0n) is 14.6. The average Bonchev–Trinajstić information content (AvgIpc) is 2.69. The van der Waals surface area contributed by atoms with E-state index in [9.17, 15) is 17.6 Å². The van der Waals surface area contributed by atoms with Crippen molar-refractivity contribution >= 4 is 21.6 Å². The lowest BCUT2D eigenvalue weighted by molar-refractivity contribution is 0.0730. The summed E-state index contributed by atoms with van der Waals surface area (Å²) < 4.78 is 51.2. The van der Waals surface area contributed by atoms with Crippen LogP contribution in [0.1, 0.15) is 10.4 Å². The van der Waals surface area contributed by atoms with Gasteiger partial charge in [-0.1, -0.05) is 12.1 Å². The van der Waals surface area contributed by atoms with Gasteiger partial charge in [0.1, 0.15) is 11.6 Å². The number of nitrogens with zero attached hydrogens (tertiary/aromatic N) is 1. The van der Waals surface area contributed by atoms with Crippen molar-refractivity contribution in [3.63, 3.8) is 0 Å². The predicted octanol–water partition coefficient (Wildman–Crippen LogP) is 2.11. The van der Waals surface area contributed by atoms with E-state index in [0.717, 1.165) is 18.2 Å². The molecule has 0 unspecified atom stereocenters. The van der Waals surface area contributed by atoms with E-state index in [4.69, 9.17) is 9.47 Å². The quantitative estimate of drug-likeness (QED) is 0.840. The Morgan fingerprint density at radius 2 is 1.89 bits per heavy atom. The molecular formula is C18H19FN2O5S. The summed E-state index contributed by atoms with van der Waals surface area (Å²) in [7, 11) is -2.39. The summed E-state index contributed by atoms with van der Waals surface area (Å²) in [6.45, 7) is 1.01. The summed E-state index contributed by atoms with van der Waals surface area (Å²) in [5.74, 6) is -1.18. The maximum absolute atomic E-state index is 14.2. The molecule has 0 spiro atoms. The first kappa shape index (κ1) is 19.3. The van der Waals surface area contributed by atoms with E-state index in [-0.39, 0.29) is 23.5 Å². The molecule has 3 rings (SSSR count). The van der Waals surface area contributed by atoms with Crippen LogP contribution in [0.5, 0.6) is 5.75 Å². The van der Waals surface area contributed by atoms with Gasteiger partial charge in [-0.15, -0.1) is 0 Å². The first-order valence-corrected chi connectivity index (χ1v) is 9.69. The van der Waals surface area contributed by atoms with E-state index < -0.39 is 21.7 Å². The molecule has 0 radical (unpaired) electrons. The van der Waals surface area contributed by atoms with Crippen LogP contribution < -0.4 is 10.1 Å². The number of rotatable bonds is 5. The minimum Gasteiger partial charge on any atom is -0.495 e. The maximum Gasteiger partial charge on any atom is 0.258 e. The number of carbonyl (C=O) groups is 1. The lowest BCUT2D eigenvalue weighted by Crippen LogP contribution is -2.40. The lowest BCUT2D eigenvalue weighted by atomic mass is 10.2. The van der Waals surface area contributed by atoms with E-state index in [1.54, 1.807) is 24.3 Å². The van der Waals surface area contributed by atoms with Crippen molar-refractivity contribution in [2.75, 3.05) is 38.7 Å². The van der Waals surface area contributed by atoms with Gasteiger partial charge in [0, 0.05) is 13.1 Å². The molecule has 2 aromatic rings. The van der Waals surface area contributed by atoms with Gasteiger partial charge < -0.3 is 14.8 Å². The second kappa shape index (κ2) is 8.03. The van der Waals surface area contributed by atoms with Gasteiger partial charge in [0.25, 0.3) is 5.91 Å². The van der Waals surface area contributed by atoms with Gasteiger partial charge in [-0.25, -0.2) is 12.8 Å². The third kappa shape index (κ3) is 4.10.